The molecule has 6 heteroatoms. The summed E-state index contributed by atoms with van der Waals surface area (Å²) >= 11 is 0. The van der Waals surface area contributed by atoms with Gasteiger partial charge < -0.3 is 19.1 Å². The van der Waals surface area contributed by atoms with Crippen molar-refractivity contribution < 1.29 is 24.2 Å². The van der Waals surface area contributed by atoms with E-state index in [9.17, 15) is 9.59 Å². The van der Waals surface area contributed by atoms with Crippen LogP contribution in [0.1, 0.15) is 39.9 Å². The second-order valence-corrected chi connectivity index (χ2v) is 9.29. The molecule has 0 amide bonds. The summed E-state index contributed by atoms with van der Waals surface area (Å²) in [6, 6.07) is 32.4. The van der Waals surface area contributed by atoms with Crippen molar-refractivity contribution in [3.8, 4) is 11.5 Å². The Morgan fingerprint density at radius 1 is 0.763 bits per heavy atom. The van der Waals surface area contributed by atoms with Crippen molar-refractivity contribution in [2.45, 2.75) is 25.2 Å². The first-order valence-corrected chi connectivity index (χ1v) is 12.5. The number of fused-ring (bicyclic) bond motifs is 2. The molecule has 38 heavy (non-hydrogen) atoms. The molecule has 0 unspecified atom stereocenters. The van der Waals surface area contributed by atoms with Crippen molar-refractivity contribution in [2.75, 3.05) is 0 Å². The first-order valence-electron chi connectivity index (χ1n) is 12.5. The van der Waals surface area contributed by atoms with Gasteiger partial charge in [-0.1, -0.05) is 78.9 Å². The standard InChI is InChI=1S/C32H25NO5/c34-30(35)16-9-19-33-21-26(25-14-7-8-15-27(25)33)31(36)22-17-18-28-29(20-22)38-32(37-28,23-10-3-1-4-11-23)24-12-5-2-6-13-24/h1-8,10-15,17-18,20-21H,9,16,19H2,(H,34,35). The van der Waals surface area contributed by atoms with Crippen LogP contribution in [-0.2, 0) is 17.1 Å². The third kappa shape index (κ3) is 4.10. The highest BCUT2D eigenvalue weighted by Crippen LogP contribution is 2.48. The molecule has 0 bridgehead atoms. The fourth-order valence-corrected chi connectivity index (χ4v) is 5.03. The lowest BCUT2D eigenvalue weighted by atomic mass is 9.97. The second kappa shape index (κ2) is 9.56. The Labute approximate surface area is 219 Å². The molecule has 188 valence electrons. The molecule has 4 aromatic carbocycles. The van der Waals surface area contributed by atoms with Gasteiger partial charge in [0.2, 0.25) is 0 Å². The number of ether oxygens (including phenoxy) is 2. The summed E-state index contributed by atoms with van der Waals surface area (Å²) in [5.41, 5.74) is 3.64. The molecule has 0 saturated carbocycles. The van der Waals surface area contributed by atoms with Crippen LogP contribution in [0.25, 0.3) is 10.9 Å². The van der Waals surface area contributed by atoms with E-state index < -0.39 is 11.8 Å². The number of carboxylic acids is 1. The molecule has 0 saturated heterocycles. The smallest absolute Gasteiger partial charge is 0.305 e. The minimum absolute atomic E-state index is 0.0720. The molecule has 5 aromatic rings. The largest absolute Gasteiger partial charge is 0.481 e. The third-order valence-corrected chi connectivity index (χ3v) is 6.84. The van der Waals surface area contributed by atoms with E-state index in [1.54, 1.807) is 18.2 Å². The summed E-state index contributed by atoms with van der Waals surface area (Å²) in [4.78, 5) is 24.7. The van der Waals surface area contributed by atoms with E-state index >= 15 is 0 Å². The number of carbonyl (C=O) groups is 2. The van der Waals surface area contributed by atoms with Crippen LogP contribution in [0.2, 0.25) is 0 Å². The lowest BCUT2D eigenvalue weighted by Gasteiger charge is -2.28. The number of rotatable bonds is 8. The molecule has 6 rings (SSSR count). The minimum atomic E-state index is -1.16. The number of ketones is 1. The molecule has 0 spiro atoms. The van der Waals surface area contributed by atoms with Gasteiger partial charge in [0.1, 0.15) is 0 Å². The summed E-state index contributed by atoms with van der Waals surface area (Å²) in [5, 5.41) is 9.85. The zero-order valence-corrected chi connectivity index (χ0v) is 20.5. The van der Waals surface area contributed by atoms with Crippen LogP contribution in [0.4, 0.5) is 0 Å². The first-order chi connectivity index (χ1) is 18.5. The number of hydrogen-bond donors (Lipinski definition) is 1. The maximum Gasteiger partial charge on any atom is 0.305 e. The molecule has 1 aliphatic rings. The fraction of sp³-hybridized carbons (Fsp3) is 0.125. The van der Waals surface area contributed by atoms with E-state index in [1.807, 2.05) is 95.7 Å². The zero-order valence-electron chi connectivity index (χ0n) is 20.5. The quantitative estimate of drug-likeness (QED) is 0.248. The Kier molecular flexibility index (Phi) is 5.92. The van der Waals surface area contributed by atoms with Gasteiger partial charge in [0.15, 0.2) is 17.3 Å². The SMILES string of the molecule is O=C(O)CCCn1cc(C(=O)c2ccc3c(c2)OC(c2ccccc2)(c2ccccc2)O3)c2ccccc21. The molecule has 1 aliphatic heterocycles. The molecule has 0 radical (unpaired) electrons. The molecule has 1 aromatic heterocycles. The molecule has 2 heterocycles. The van der Waals surface area contributed by atoms with E-state index in [1.165, 1.54) is 0 Å². The Hall–Kier alpha value is -4.84. The van der Waals surface area contributed by atoms with Crippen molar-refractivity contribution in [1.29, 1.82) is 0 Å². The Balaban J connectivity index is 1.36. The van der Waals surface area contributed by atoms with E-state index in [4.69, 9.17) is 14.6 Å². The van der Waals surface area contributed by atoms with Crippen molar-refractivity contribution in [1.82, 2.24) is 4.57 Å². The summed E-state index contributed by atoms with van der Waals surface area (Å²) in [6.45, 7) is 0.512. The highest BCUT2D eigenvalue weighted by Gasteiger charge is 2.45. The van der Waals surface area contributed by atoms with E-state index in [2.05, 4.69) is 0 Å². The Morgan fingerprint density at radius 2 is 1.39 bits per heavy atom. The van der Waals surface area contributed by atoms with Gasteiger partial charge in [0.25, 0.3) is 0 Å². The summed E-state index contributed by atoms with van der Waals surface area (Å²) < 4.78 is 14.9. The maximum absolute atomic E-state index is 13.8. The number of carboxylic acid groups (broad SMARTS) is 1. The molecule has 0 aliphatic carbocycles. The molecule has 0 fully saturated rings. The number of nitrogens with zero attached hydrogens (tertiary/aromatic N) is 1. The highest BCUT2D eigenvalue weighted by molar-refractivity contribution is 6.16. The van der Waals surface area contributed by atoms with Crippen LogP contribution in [-0.4, -0.2) is 21.4 Å². The fourth-order valence-electron chi connectivity index (χ4n) is 5.03. The zero-order chi connectivity index (χ0) is 26.1. The number of benzene rings is 4. The average molecular weight is 504 g/mol. The predicted octanol–water partition coefficient (Wildman–Crippen LogP) is 6.41. The normalized spacial score (nSPS) is 13.5. The summed E-state index contributed by atoms with van der Waals surface area (Å²) in [5.74, 6) is -1.08. The molecule has 0 atom stereocenters. The second-order valence-electron chi connectivity index (χ2n) is 9.29. The van der Waals surface area contributed by atoms with Gasteiger partial charge in [-0.3, -0.25) is 9.59 Å². The van der Waals surface area contributed by atoms with E-state index in [-0.39, 0.29) is 12.2 Å². The maximum atomic E-state index is 13.8. The van der Waals surface area contributed by atoms with Gasteiger partial charge in [-0.15, -0.1) is 0 Å². The van der Waals surface area contributed by atoms with Gasteiger partial charge in [-0.25, -0.2) is 0 Å². The molecular formula is C32H25NO5. The molecule has 1 N–H and O–H groups in total. The minimum Gasteiger partial charge on any atom is -0.481 e. The van der Waals surface area contributed by atoms with Crippen molar-refractivity contribution in [3.63, 3.8) is 0 Å². The first kappa shape index (κ1) is 23.6. The van der Waals surface area contributed by atoms with E-state index in [0.717, 1.165) is 22.0 Å². The van der Waals surface area contributed by atoms with Crippen LogP contribution in [0.3, 0.4) is 0 Å². The van der Waals surface area contributed by atoms with Gasteiger partial charge in [0.05, 0.1) is 0 Å². The molecular weight excluding hydrogens is 478 g/mol. The number of hydrogen-bond acceptors (Lipinski definition) is 4. The lowest BCUT2D eigenvalue weighted by molar-refractivity contribution is -0.137. The Bertz CT molecular complexity index is 1600. The van der Waals surface area contributed by atoms with Gasteiger partial charge in [0, 0.05) is 52.3 Å². The third-order valence-electron chi connectivity index (χ3n) is 6.84. The predicted molar refractivity (Wildman–Crippen MR) is 144 cm³/mol. The van der Waals surface area contributed by atoms with Crippen molar-refractivity contribution in [3.05, 3.63) is 132 Å². The van der Waals surface area contributed by atoms with Gasteiger partial charge in [-0.05, 0) is 30.7 Å². The summed E-state index contributed by atoms with van der Waals surface area (Å²) in [6.07, 6.45) is 2.37. The highest BCUT2D eigenvalue weighted by atomic mass is 16.7. The summed E-state index contributed by atoms with van der Waals surface area (Å²) in [7, 11) is 0. The monoisotopic (exact) mass is 503 g/mol. The molecule has 6 nitrogen and oxygen atoms in total. The lowest BCUT2D eigenvalue weighted by Crippen LogP contribution is -2.36. The average Bonchev–Trinajstić information content (AvgIpc) is 3.53. The van der Waals surface area contributed by atoms with Crippen molar-refractivity contribution in [2.24, 2.45) is 0 Å². The number of aromatic nitrogens is 1. The van der Waals surface area contributed by atoms with Crippen LogP contribution < -0.4 is 9.47 Å². The van der Waals surface area contributed by atoms with Crippen LogP contribution in [0.5, 0.6) is 11.5 Å². The van der Waals surface area contributed by atoms with Crippen LogP contribution in [0, 0.1) is 0 Å². The van der Waals surface area contributed by atoms with Gasteiger partial charge >= 0.3 is 11.8 Å². The topological polar surface area (TPSA) is 77.8 Å². The van der Waals surface area contributed by atoms with Crippen molar-refractivity contribution >= 4 is 22.7 Å². The van der Waals surface area contributed by atoms with Crippen LogP contribution in [0.15, 0.2) is 109 Å². The van der Waals surface area contributed by atoms with E-state index in [0.29, 0.717) is 35.6 Å². The number of para-hydroxylation sites is 1. The van der Waals surface area contributed by atoms with Gasteiger partial charge in [-0.2, -0.15) is 0 Å². The number of aliphatic carboxylic acids is 1. The number of aryl methyl sites for hydroxylation is 1. The van der Waals surface area contributed by atoms with Crippen LogP contribution >= 0.6 is 0 Å². The number of carbonyl (C=O) groups excluding carboxylic acids is 1. The Morgan fingerprint density at radius 3 is 2.08 bits per heavy atom.